The van der Waals surface area contributed by atoms with Gasteiger partial charge in [-0.25, -0.2) is 0 Å². The van der Waals surface area contributed by atoms with E-state index in [4.69, 9.17) is 5.73 Å². The van der Waals surface area contributed by atoms with E-state index in [9.17, 15) is 9.59 Å². The van der Waals surface area contributed by atoms with Crippen molar-refractivity contribution in [2.45, 2.75) is 31.2 Å². The minimum atomic E-state index is -0.680. The van der Waals surface area contributed by atoms with Gasteiger partial charge in [-0.1, -0.05) is 84.9 Å². The van der Waals surface area contributed by atoms with E-state index in [1.54, 1.807) is 0 Å². The summed E-state index contributed by atoms with van der Waals surface area (Å²) in [6, 6.07) is 35.3. The fraction of sp³-hybridized carbons (Fsp3) is 0.212. The van der Waals surface area contributed by atoms with E-state index >= 15 is 0 Å². The van der Waals surface area contributed by atoms with E-state index in [-0.39, 0.29) is 17.9 Å². The lowest BCUT2D eigenvalue weighted by Crippen LogP contribution is -2.53. The minimum Gasteiger partial charge on any atom is -0.399 e. The Kier molecular flexibility index (Phi) is 7.27. The molecule has 192 valence electrons. The van der Waals surface area contributed by atoms with Crippen molar-refractivity contribution in [1.29, 1.82) is 0 Å². The van der Waals surface area contributed by atoms with Crippen molar-refractivity contribution < 1.29 is 9.59 Å². The maximum Gasteiger partial charge on any atom is 0.253 e. The predicted molar refractivity (Wildman–Crippen MR) is 153 cm³/mol. The van der Waals surface area contributed by atoms with Crippen LogP contribution in [0.25, 0.3) is 11.1 Å². The van der Waals surface area contributed by atoms with E-state index in [1.807, 2.05) is 121 Å². The van der Waals surface area contributed by atoms with Gasteiger partial charge in [-0.15, -0.1) is 0 Å². The maximum atomic E-state index is 13.8. The lowest BCUT2D eigenvalue weighted by atomic mass is 9.71. The number of rotatable bonds is 6. The molecule has 5 nitrogen and oxygen atoms in total. The molecule has 1 atom stereocenters. The van der Waals surface area contributed by atoms with Crippen LogP contribution in [-0.2, 0) is 10.2 Å². The number of nitrogens with two attached hydrogens (primary N) is 1. The number of nitrogens with zero attached hydrogens (tertiary/aromatic N) is 1. The molecular formula is C33H33N3O2. The average Bonchev–Trinajstić information content (AvgIpc) is 2.98. The molecule has 0 radical (unpaired) electrons. The molecule has 5 rings (SSSR count). The van der Waals surface area contributed by atoms with E-state index in [1.165, 1.54) is 0 Å². The SMILES string of the molecule is C[C@H](NC(=O)C1(c2ccccc2)CCN(C(=O)c2ccc(-c3ccc(N)cc3)cc2)CC1)c1ccccc1. The van der Waals surface area contributed by atoms with Crippen LogP contribution in [0, 0.1) is 0 Å². The first-order valence-corrected chi connectivity index (χ1v) is 13.1. The highest BCUT2D eigenvalue weighted by Crippen LogP contribution is 2.37. The number of carbonyl (C=O) groups is 2. The van der Waals surface area contributed by atoms with Crippen molar-refractivity contribution in [3.8, 4) is 11.1 Å². The third-order valence-corrected chi connectivity index (χ3v) is 7.69. The van der Waals surface area contributed by atoms with Crippen LogP contribution in [0.5, 0.6) is 0 Å². The molecule has 3 N–H and O–H groups in total. The van der Waals surface area contributed by atoms with Crippen molar-refractivity contribution >= 4 is 17.5 Å². The summed E-state index contributed by atoms with van der Waals surface area (Å²) < 4.78 is 0. The number of likely N-dealkylation sites (tertiary alicyclic amines) is 1. The Morgan fingerprint density at radius 1 is 0.763 bits per heavy atom. The molecule has 4 aromatic rings. The third-order valence-electron chi connectivity index (χ3n) is 7.69. The lowest BCUT2D eigenvalue weighted by Gasteiger charge is -2.41. The smallest absolute Gasteiger partial charge is 0.253 e. The summed E-state index contributed by atoms with van der Waals surface area (Å²) >= 11 is 0. The number of nitrogen functional groups attached to an aromatic ring is 1. The fourth-order valence-corrected chi connectivity index (χ4v) is 5.32. The fourth-order valence-electron chi connectivity index (χ4n) is 5.32. The molecule has 0 unspecified atom stereocenters. The largest absolute Gasteiger partial charge is 0.399 e. The third kappa shape index (κ3) is 5.18. The van der Waals surface area contributed by atoms with Crippen LogP contribution in [0.2, 0.25) is 0 Å². The normalized spacial score (nSPS) is 15.4. The van der Waals surface area contributed by atoms with Gasteiger partial charge in [0, 0.05) is 24.3 Å². The summed E-state index contributed by atoms with van der Waals surface area (Å²) in [4.78, 5) is 29.1. The van der Waals surface area contributed by atoms with Crippen LogP contribution >= 0.6 is 0 Å². The molecule has 1 fully saturated rings. The van der Waals surface area contributed by atoms with Crippen LogP contribution in [0.3, 0.4) is 0 Å². The Labute approximate surface area is 224 Å². The summed E-state index contributed by atoms with van der Waals surface area (Å²) in [6.07, 6.45) is 1.14. The van der Waals surface area contributed by atoms with Crippen LogP contribution in [-0.4, -0.2) is 29.8 Å². The topological polar surface area (TPSA) is 75.4 Å². The lowest BCUT2D eigenvalue weighted by molar-refractivity contribution is -0.129. The monoisotopic (exact) mass is 503 g/mol. The molecule has 1 heterocycles. The van der Waals surface area contributed by atoms with Crippen molar-refractivity contribution in [2.24, 2.45) is 0 Å². The Morgan fingerprint density at radius 3 is 1.87 bits per heavy atom. The van der Waals surface area contributed by atoms with E-state index in [0.717, 1.165) is 27.9 Å². The predicted octanol–water partition coefficient (Wildman–Crippen LogP) is 5.99. The van der Waals surface area contributed by atoms with Crippen molar-refractivity contribution in [3.05, 3.63) is 126 Å². The van der Waals surface area contributed by atoms with Gasteiger partial charge in [0.05, 0.1) is 11.5 Å². The minimum absolute atomic E-state index is 0.00594. The number of anilines is 1. The molecule has 0 spiro atoms. The van der Waals surface area contributed by atoms with Crippen molar-refractivity contribution in [2.75, 3.05) is 18.8 Å². The van der Waals surface area contributed by atoms with Gasteiger partial charge in [-0.05, 0) is 66.3 Å². The Hall–Kier alpha value is -4.38. The van der Waals surface area contributed by atoms with E-state index < -0.39 is 5.41 Å². The number of benzene rings is 4. The highest BCUT2D eigenvalue weighted by molar-refractivity contribution is 5.95. The van der Waals surface area contributed by atoms with E-state index in [0.29, 0.717) is 31.5 Å². The maximum absolute atomic E-state index is 13.8. The second-order valence-electron chi connectivity index (χ2n) is 10.0. The molecule has 1 saturated heterocycles. The van der Waals surface area contributed by atoms with Gasteiger partial charge in [0.15, 0.2) is 0 Å². The molecular weight excluding hydrogens is 470 g/mol. The number of nitrogens with one attached hydrogen (secondary N) is 1. The summed E-state index contributed by atoms with van der Waals surface area (Å²) in [6.45, 7) is 3.04. The van der Waals surface area contributed by atoms with Crippen LogP contribution in [0.15, 0.2) is 109 Å². The first-order chi connectivity index (χ1) is 18.5. The highest BCUT2D eigenvalue weighted by Gasteiger charge is 2.44. The quantitative estimate of drug-likeness (QED) is 0.318. The summed E-state index contributed by atoms with van der Waals surface area (Å²) in [5.41, 5.74) is 10.7. The summed E-state index contributed by atoms with van der Waals surface area (Å²) in [7, 11) is 0. The van der Waals surface area contributed by atoms with Crippen molar-refractivity contribution in [3.63, 3.8) is 0 Å². The van der Waals surface area contributed by atoms with Gasteiger partial charge >= 0.3 is 0 Å². The Morgan fingerprint density at radius 2 is 1.29 bits per heavy atom. The number of hydrogen-bond acceptors (Lipinski definition) is 3. The van der Waals surface area contributed by atoms with Gasteiger partial charge in [0.25, 0.3) is 5.91 Å². The standard InChI is InChI=1S/C33H33N3O2/c1-24(25-8-4-2-5-9-25)35-32(38)33(29-10-6-3-7-11-29)20-22-36(23-21-33)31(37)28-14-12-26(13-15-28)27-16-18-30(34)19-17-27/h2-19,24H,20-23,34H2,1H3,(H,35,38)/t24-/m0/s1. The van der Waals surface area contributed by atoms with Gasteiger partial charge < -0.3 is 16.0 Å². The molecule has 2 amide bonds. The zero-order valence-electron chi connectivity index (χ0n) is 21.6. The molecule has 0 aromatic heterocycles. The van der Waals surface area contributed by atoms with Crippen LogP contribution < -0.4 is 11.1 Å². The second kappa shape index (κ2) is 10.9. The first kappa shape index (κ1) is 25.3. The van der Waals surface area contributed by atoms with Gasteiger partial charge in [0.1, 0.15) is 0 Å². The molecule has 0 saturated carbocycles. The highest BCUT2D eigenvalue weighted by atomic mass is 16.2. The van der Waals surface area contributed by atoms with Gasteiger partial charge in [-0.2, -0.15) is 0 Å². The Balaban J connectivity index is 1.31. The molecule has 1 aliphatic rings. The number of hydrogen-bond donors (Lipinski definition) is 2. The molecule has 0 aliphatic carbocycles. The molecule has 0 bridgehead atoms. The molecule has 4 aromatic carbocycles. The Bertz CT molecular complexity index is 1380. The van der Waals surface area contributed by atoms with Crippen LogP contribution in [0.1, 0.15) is 47.3 Å². The average molecular weight is 504 g/mol. The van der Waals surface area contributed by atoms with Crippen LogP contribution in [0.4, 0.5) is 5.69 Å². The van der Waals surface area contributed by atoms with Gasteiger partial charge in [0.2, 0.25) is 5.91 Å². The zero-order chi connectivity index (χ0) is 26.5. The van der Waals surface area contributed by atoms with Crippen molar-refractivity contribution in [1.82, 2.24) is 10.2 Å². The summed E-state index contributed by atoms with van der Waals surface area (Å²) in [5.74, 6) is 0.00795. The molecule has 38 heavy (non-hydrogen) atoms. The molecule has 1 aliphatic heterocycles. The number of carbonyl (C=O) groups excluding carboxylic acids is 2. The summed E-state index contributed by atoms with van der Waals surface area (Å²) in [5, 5.41) is 3.26. The molecule has 5 heteroatoms. The van der Waals surface area contributed by atoms with Gasteiger partial charge in [-0.3, -0.25) is 9.59 Å². The van der Waals surface area contributed by atoms with E-state index in [2.05, 4.69) is 5.32 Å². The number of amides is 2. The second-order valence-corrected chi connectivity index (χ2v) is 10.0. The number of piperidine rings is 1. The zero-order valence-corrected chi connectivity index (χ0v) is 21.6. The first-order valence-electron chi connectivity index (χ1n) is 13.1.